The first-order valence-corrected chi connectivity index (χ1v) is 4.53. The van der Waals surface area contributed by atoms with E-state index in [1.54, 1.807) is 0 Å². The lowest BCUT2D eigenvalue weighted by molar-refractivity contribution is 0.169. The number of rotatable bonds is 7. The zero-order chi connectivity index (χ0) is 9.23. The average Bonchev–Trinajstić information content (AvgIpc) is 2.09. The van der Waals surface area contributed by atoms with Crippen molar-refractivity contribution in [2.45, 2.75) is 45.1 Å². The molecule has 0 aliphatic rings. The molecule has 0 saturated carbocycles. The van der Waals surface area contributed by atoms with Crippen molar-refractivity contribution in [2.24, 2.45) is 4.99 Å². The summed E-state index contributed by atoms with van der Waals surface area (Å²) in [7, 11) is 0. The molecule has 0 aromatic rings. The molecule has 3 heteroatoms. The van der Waals surface area contributed by atoms with Crippen molar-refractivity contribution < 1.29 is 9.90 Å². The SMILES string of the molecule is CCCCCCC(O)CN=C=O. The van der Waals surface area contributed by atoms with Crippen molar-refractivity contribution in [2.75, 3.05) is 6.54 Å². The highest BCUT2D eigenvalue weighted by Gasteiger charge is 2.01. The van der Waals surface area contributed by atoms with Crippen molar-refractivity contribution in [1.29, 1.82) is 0 Å². The minimum absolute atomic E-state index is 0.204. The fourth-order valence-electron chi connectivity index (χ4n) is 1.04. The van der Waals surface area contributed by atoms with E-state index in [-0.39, 0.29) is 6.54 Å². The lowest BCUT2D eigenvalue weighted by atomic mass is 10.1. The first kappa shape index (κ1) is 11.3. The van der Waals surface area contributed by atoms with Gasteiger partial charge in [-0.3, -0.25) is 0 Å². The van der Waals surface area contributed by atoms with Crippen LogP contribution in [0, 0.1) is 0 Å². The number of hydrogen-bond acceptors (Lipinski definition) is 3. The first-order chi connectivity index (χ1) is 5.81. The van der Waals surface area contributed by atoms with Crippen molar-refractivity contribution in [3.8, 4) is 0 Å². The second kappa shape index (κ2) is 8.44. The van der Waals surface area contributed by atoms with Gasteiger partial charge in [0.1, 0.15) is 0 Å². The summed E-state index contributed by atoms with van der Waals surface area (Å²) in [5.74, 6) is 0. The summed E-state index contributed by atoms with van der Waals surface area (Å²) in [4.78, 5) is 13.0. The third kappa shape index (κ3) is 7.45. The molecule has 0 aromatic heterocycles. The molecular formula is C9H17NO2. The van der Waals surface area contributed by atoms with Crippen molar-refractivity contribution >= 4 is 6.08 Å². The van der Waals surface area contributed by atoms with Crippen LogP contribution >= 0.6 is 0 Å². The molecule has 1 N–H and O–H groups in total. The van der Waals surface area contributed by atoms with E-state index in [0.29, 0.717) is 0 Å². The van der Waals surface area contributed by atoms with Crippen LogP contribution in [0.2, 0.25) is 0 Å². The second-order valence-electron chi connectivity index (χ2n) is 2.94. The largest absolute Gasteiger partial charge is 0.391 e. The maximum atomic E-state index is 9.68. The minimum atomic E-state index is -0.455. The van der Waals surface area contributed by atoms with Crippen LogP contribution in [-0.4, -0.2) is 23.8 Å². The Morgan fingerprint density at radius 3 is 2.75 bits per heavy atom. The van der Waals surface area contributed by atoms with Gasteiger partial charge in [0, 0.05) is 0 Å². The Balaban J connectivity index is 3.18. The van der Waals surface area contributed by atoms with E-state index in [9.17, 15) is 9.90 Å². The van der Waals surface area contributed by atoms with E-state index in [1.165, 1.54) is 18.9 Å². The highest BCUT2D eigenvalue weighted by atomic mass is 16.3. The quantitative estimate of drug-likeness (QED) is 0.360. The van der Waals surface area contributed by atoms with Crippen LogP contribution in [0.1, 0.15) is 39.0 Å². The first-order valence-electron chi connectivity index (χ1n) is 4.53. The average molecular weight is 171 g/mol. The van der Waals surface area contributed by atoms with Gasteiger partial charge in [0.25, 0.3) is 0 Å². The van der Waals surface area contributed by atoms with Gasteiger partial charge in [-0.25, -0.2) is 9.79 Å². The molecule has 1 atom stereocenters. The highest BCUT2D eigenvalue weighted by Crippen LogP contribution is 2.05. The van der Waals surface area contributed by atoms with E-state index in [1.807, 2.05) is 0 Å². The van der Waals surface area contributed by atoms with Crippen LogP contribution in [0.25, 0.3) is 0 Å². The highest BCUT2D eigenvalue weighted by molar-refractivity contribution is 5.32. The fourth-order valence-corrected chi connectivity index (χ4v) is 1.04. The number of aliphatic hydroxyl groups is 1. The van der Waals surface area contributed by atoms with E-state index >= 15 is 0 Å². The second-order valence-corrected chi connectivity index (χ2v) is 2.94. The Morgan fingerprint density at radius 2 is 2.17 bits per heavy atom. The molecular weight excluding hydrogens is 154 g/mol. The molecule has 0 aliphatic carbocycles. The minimum Gasteiger partial charge on any atom is -0.391 e. The van der Waals surface area contributed by atoms with Gasteiger partial charge in [0.2, 0.25) is 6.08 Å². The van der Waals surface area contributed by atoms with Crippen LogP contribution in [0.15, 0.2) is 4.99 Å². The molecule has 12 heavy (non-hydrogen) atoms. The Labute approximate surface area is 73.5 Å². The maximum absolute atomic E-state index is 9.68. The van der Waals surface area contributed by atoms with E-state index < -0.39 is 6.10 Å². The fraction of sp³-hybridized carbons (Fsp3) is 0.889. The number of unbranched alkanes of at least 4 members (excludes halogenated alkanes) is 3. The monoisotopic (exact) mass is 171 g/mol. The summed E-state index contributed by atoms with van der Waals surface area (Å²) in [6, 6.07) is 0. The molecule has 0 fully saturated rings. The predicted molar refractivity (Wildman–Crippen MR) is 47.8 cm³/mol. The summed E-state index contributed by atoms with van der Waals surface area (Å²) < 4.78 is 0. The molecule has 1 unspecified atom stereocenters. The number of nitrogens with zero attached hydrogens (tertiary/aromatic N) is 1. The zero-order valence-electron chi connectivity index (χ0n) is 7.62. The molecule has 70 valence electrons. The van der Waals surface area contributed by atoms with Crippen LogP contribution < -0.4 is 0 Å². The molecule has 0 radical (unpaired) electrons. The van der Waals surface area contributed by atoms with Gasteiger partial charge in [-0.15, -0.1) is 0 Å². The van der Waals surface area contributed by atoms with Crippen LogP contribution in [-0.2, 0) is 4.79 Å². The van der Waals surface area contributed by atoms with Gasteiger partial charge < -0.3 is 5.11 Å². The third-order valence-electron chi connectivity index (χ3n) is 1.76. The molecule has 0 amide bonds. The van der Waals surface area contributed by atoms with Crippen molar-refractivity contribution in [3.63, 3.8) is 0 Å². The Morgan fingerprint density at radius 1 is 1.42 bits per heavy atom. The topological polar surface area (TPSA) is 49.7 Å². The smallest absolute Gasteiger partial charge is 0.235 e. The molecule has 0 bridgehead atoms. The molecule has 3 nitrogen and oxygen atoms in total. The Hall–Kier alpha value is -0.660. The summed E-state index contributed by atoms with van der Waals surface area (Å²) in [5, 5.41) is 9.21. The lowest BCUT2D eigenvalue weighted by Gasteiger charge is -2.05. The summed E-state index contributed by atoms with van der Waals surface area (Å²) in [6.07, 6.45) is 6.28. The third-order valence-corrected chi connectivity index (χ3v) is 1.76. The molecule has 0 spiro atoms. The van der Waals surface area contributed by atoms with Gasteiger partial charge in [-0.1, -0.05) is 32.6 Å². The van der Waals surface area contributed by atoms with Gasteiger partial charge >= 0.3 is 0 Å². The molecule has 0 aromatic carbocycles. The van der Waals surface area contributed by atoms with E-state index in [4.69, 9.17) is 0 Å². The number of isocyanates is 1. The van der Waals surface area contributed by atoms with E-state index in [0.717, 1.165) is 19.3 Å². The Kier molecular flexibility index (Phi) is 7.97. The van der Waals surface area contributed by atoms with Crippen molar-refractivity contribution in [3.05, 3.63) is 0 Å². The van der Waals surface area contributed by atoms with Crippen LogP contribution in [0.4, 0.5) is 0 Å². The number of carbonyl (C=O) groups excluding carboxylic acids is 1. The Bertz CT molecular complexity index is 141. The van der Waals surface area contributed by atoms with Gasteiger partial charge in [-0.05, 0) is 6.42 Å². The molecule has 0 aliphatic heterocycles. The lowest BCUT2D eigenvalue weighted by Crippen LogP contribution is -2.10. The van der Waals surface area contributed by atoms with Crippen molar-refractivity contribution in [1.82, 2.24) is 0 Å². The number of aliphatic imine (C=N–C) groups is 1. The standard InChI is InChI=1S/C9H17NO2/c1-2-3-4-5-6-9(12)7-10-8-11/h9,12H,2-7H2,1H3. The van der Waals surface area contributed by atoms with Gasteiger partial charge in [-0.2, -0.15) is 0 Å². The maximum Gasteiger partial charge on any atom is 0.235 e. The van der Waals surface area contributed by atoms with Gasteiger partial charge in [0.15, 0.2) is 0 Å². The summed E-state index contributed by atoms with van der Waals surface area (Å²) >= 11 is 0. The number of aliphatic hydroxyl groups excluding tert-OH is 1. The number of hydrogen-bond donors (Lipinski definition) is 1. The molecule has 0 saturated heterocycles. The van der Waals surface area contributed by atoms with Crippen LogP contribution in [0.5, 0.6) is 0 Å². The summed E-state index contributed by atoms with van der Waals surface area (Å²) in [6.45, 7) is 2.35. The summed E-state index contributed by atoms with van der Waals surface area (Å²) in [5.41, 5.74) is 0. The van der Waals surface area contributed by atoms with Crippen LogP contribution in [0.3, 0.4) is 0 Å². The molecule has 0 rings (SSSR count). The van der Waals surface area contributed by atoms with E-state index in [2.05, 4.69) is 11.9 Å². The predicted octanol–water partition coefficient (Wildman–Crippen LogP) is 1.65. The van der Waals surface area contributed by atoms with Gasteiger partial charge in [0.05, 0.1) is 12.6 Å². The zero-order valence-corrected chi connectivity index (χ0v) is 7.62. The molecule has 0 heterocycles. The normalized spacial score (nSPS) is 12.2.